The van der Waals surface area contributed by atoms with Gasteiger partial charge in [0.25, 0.3) is 0 Å². The number of nitrogens with two attached hydrogens (primary N) is 1. The van der Waals surface area contributed by atoms with Crippen LogP contribution in [0, 0.1) is 0 Å². The van der Waals surface area contributed by atoms with E-state index in [1.807, 2.05) is 0 Å². The van der Waals surface area contributed by atoms with Crippen LogP contribution in [0.3, 0.4) is 0 Å². The van der Waals surface area contributed by atoms with Crippen LogP contribution in [0.1, 0.15) is 11.1 Å². The molecule has 24 heavy (non-hydrogen) atoms. The van der Waals surface area contributed by atoms with E-state index in [0.29, 0.717) is 11.3 Å². The first-order valence-electron chi connectivity index (χ1n) is 7.07. The van der Waals surface area contributed by atoms with Gasteiger partial charge in [0.15, 0.2) is 0 Å². The van der Waals surface area contributed by atoms with Crippen molar-refractivity contribution in [2.24, 2.45) is 5.73 Å². The van der Waals surface area contributed by atoms with Crippen LogP contribution in [-0.2, 0) is 22.1 Å². The average molecular weight is 339 g/mol. The van der Waals surface area contributed by atoms with Crippen molar-refractivity contribution >= 4 is 5.97 Å². The molecular formula is C17H16F3NO3. The Hall–Kier alpha value is -2.54. The van der Waals surface area contributed by atoms with Gasteiger partial charge >= 0.3 is 12.1 Å². The topological polar surface area (TPSA) is 61.5 Å². The van der Waals surface area contributed by atoms with Crippen molar-refractivity contribution < 1.29 is 27.4 Å². The molecule has 1 atom stereocenters. The molecule has 4 nitrogen and oxygen atoms in total. The number of halogens is 3. The first-order valence-corrected chi connectivity index (χ1v) is 7.07. The molecule has 0 unspecified atom stereocenters. The lowest BCUT2D eigenvalue weighted by Crippen LogP contribution is -2.33. The van der Waals surface area contributed by atoms with E-state index in [2.05, 4.69) is 4.74 Å². The number of hydrogen-bond donors (Lipinski definition) is 1. The Morgan fingerprint density at radius 3 is 2.38 bits per heavy atom. The Labute approximate surface area is 137 Å². The molecule has 0 aliphatic heterocycles. The zero-order chi connectivity index (χ0) is 17.7. The molecule has 0 radical (unpaired) electrons. The highest BCUT2D eigenvalue weighted by Crippen LogP contribution is 2.32. The fraction of sp³-hybridized carbons (Fsp3) is 0.235. The molecule has 0 aliphatic rings. The van der Waals surface area contributed by atoms with Crippen LogP contribution in [-0.4, -0.2) is 19.1 Å². The minimum absolute atomic E-state index is 0.0687. The van der Waals surface area contributed by atoms with E-state index in [-0.39, 0.29) is 12.2 Å². The maximum absolute atomic E-state index is 12.7. The van der Waals surface area contributed by atoms with Gasteiger partial charge in [-0.15, -0.1) is 0 Å². The summed E-state index contributed by atoms with van der Waals surface area (Å²) in [6.07, 6.45) is -4.21. The Morgan fingerprint density at radius 1 is 1.12 bits per heavy atom. The summed E-state index contributed by atoms with van der Waals surface area (Å²) in [5, 5.41) is 0. The van der Waals surface area contributed by atoms with Crippen molar-refractivity contribution in [3.63, 3.8) is 0 Å². The van der Waals surface area contributed by atoms with E-state index in [4.69, 9.17) is 10.5 Å². The van der Waals surface area contributed by atoms with Crippen molar-refractivity contribution in [3.8, 4) is 11.5 Å². The molecule has 0 fully saturated rings. The second-order valence-electron chi connectivity index (χ2n) is 5.11. The summed E-state index contributed by atoms with van der Waals surface area (Å²) in [5.41, 5.74) is 5.61. The Balaban J connectivity index is 2.14. The van der Waals surface area contributed by atoms with Gasteiger partial charge in [0.2, 0.25) is 0 Å². The number of alkyl halides is 3. The molecule has 0 bridgehead atoms. The fourth-order valence-corrected chi connectivity index (χ4v) is 2.10. The molecule has 0 aliphatic carbocycles. The second-order valence-corrected chi connectivity index (χ2v) is 5.11. The summed E-state index contributed by atoms with van der Waals surface area (Å²) < 4.78 is 48.2. The summed E-state index contributed by atoms with van der Waals surface area (Å²) in [5.74, 6) is -0.123. The third-order valence-corrected chi connectivity index (χ3v) is 3.26. The van der Waals surface area contributed by atoms with E-state index in [0.717, 1.165) is 12.1 Å². The van der Waals surface area contributed by atoms with Gasteiger partial charge in [0, 0.05) is 0 Å². The highest BCUT2D eigenvalue weighted by molar-refractivity contribution is 5.75. The van der Waals surface area contributed by atoms with E-state index < -0.39 is 23.8 Å². The van der Waals surface area contributed by atoms with Crippen molar-refractivity contribution in [1.82, 2.24) is 0 Å². The lowest BCUT2D eigenvalue weighted by atomic mass is 10.1. The summed E-state index contributed by atoms with van der Waals surface area (Å²) in [4.78, 5) is 11.3. The van der Waals surface area contributed by atoms with Gasteiger partial charge in [-0.05, 0) is 42.3 Å². The summed E-state index contributed by atoms with van der Waals surface area (Å²) in [6.45, 7) is 0. The third-order valence-electron chi connectivity index (χ3n) is 3.26. The normalized spacial score (nSPS) is 12.5. The van der Waals surface area contributed by atoms with Gasteiger partial charge in [0.05, 0.1) is 12.7 Å². The fourth-order valence-electron chi connectivity index (χ4n) is 2.10. The van der Waals surface area contributed by atoms with Gasteiger partial charge < -0.3 is 15.2 Å². The lowest BCUT2D eigenvalue weighted by molar-refractivity contribution is -0.142. The molecule has 0 heterocycles. The first-order chi connectivity index (χ1) is 11.3. The van der Waals surface area contributed by atoms with Crippen LogP contribution in [0.5, 0.6) is 11.5 Å². The first kappa shape index (κ1) is 17.8. The number of ether oxygens (including phenoxy) is 2. The van der Waals surface area contributed by atoms with Gasteiger partial charge in [-0.2, -0.15) is 13.2 Å². The highest BCUT2D eigenvalue weighted by Gasteiger charge is 2.30. The van der Waals surface area contributed by atoms with Crippen molar-refractivity contribution in [2.75, 3.05) is 7.11 Å². The molecular weight excluding hydrogens is 323 g/mol. The molecule has 2 aromatic rings. The number of carbonyl (C=O) groups excluding carboxylic acids is 1. The highest BCUT2D eigenvalue weighted by atomic mass is 19.4. The quantitative estimate of drug-likeness (QED) is 0.847. The van der Waals surface area contributed by atoms with Crippen LogP contribution in [0.4, 0.5) is 13.2 Å². The summed E-state index contributed by atoms with van der Waals surface area (Å²) in [6, 6.07) is 10.4. The second kappa shape index (κ2) is 7.35. The smallest absolute Gasteiger partial charge is 0.416 e. The van der Waals surface area contributed by atoms with Crippen LogP contribution in [0.2, 0.25) is 0 Å². The van der Waals surface area contributed by atoms with Crippen LogP contribution >= 0.6 is 0 Å². The minimum atomic E-state index is -4.44. The zero-order valence-corrected chi connectivity index (χ0v) is 12.8. The molecule has 0 aromatic heterocycles. The molecule has 2 aromatic carbocycles. The number of hydrogen-bond acceptors (Lipinski definition) is 4. The number of esters is 1. The Bertz CT molecular complexity index is 716. The molecule has 0 amide bonds. The number of benzene rings is 2. The summed E-state index contributed by atoms with van der Waals surface area (Å²) >= 11 is 0. The predicted octanol–water partition coefficient (Wildman–Crippen LogP) is 3.54. The largest absolute Gasteiger partial charge is 0.468 e. The van der Waals surface area contributed by atoms with Crippen molar-refractivity contribution in [1.29, 1.82) is 0 Å². The maximum Gasteiger partial charge on any atom is 0.416 e. The standard InChI is InChI=1S/C17H16F3NO3/c1-23-16(22)15(21)9-11-4-2-6-13(8-11)24-14-7-3-5-12(10-14)17(18,19)20/h2-8,10,15H,9,21H2,1H3/t15-/m0/s1. The van der Waals surface area contributed by atoms with E-state index in [1.165, 1.54) is 19.2 Å². The third kappa shape index (κ3) is 4.73. The molecule has 0 saturated carbocycles. The molecule has 0 saturated heterocycles. The molecule has 7 heteroatoms. The van der Waals surface area contributed by atoms with Gasteiger partial charge in [-0.1, -0.05) is 18.2 Å². The average Bonchev–Trinajstić information content (AvgIpc) is 2.54. The molecule has 2 rings (SSSR count). The molecule has 128 valence electrons. The van der Waals surface area contributed by atoms with Crippen molar-refractivity contribution in [2.45, 2.75) is 18.6 Å². The zero-order valence-electron chi connectivity index (χ0n) is 12.8. The van der Waals surface area contributed by atoms with E-state index in [1.54, 1.807) is 24.3 Å². The number of rotatable bonds is 5. The van der Waals surface area contributed by atoms with Crippen LogP contribution in [0.15, 0.2) is 48.5 Å². The monoisotopic (exact) mass is 339 g/mol. The van der Waals surface area contributed by atoms with E-state index in [9.17, 15) is 18.0 Å². The predicted molar refractivity (Wildman–Crippen MR) is 81.7 cm³/mol. The Kier molecular flexibility index (Phi) is 5.46. The van der Waals surface area contributed by atoms with Gasteiger partial charge in [0.1, 0.15) is 17.5 Å². The van der Waals surface area contributed by atoms with E-state index >= 15 is 0 Å². The van der Waals surface area contributed by atoms with Crippen molar-refractivity contribution in [3.05, 3.63) is 59.7 Å². The maximum atomic E-state index is 12.7. The minimum Gasteiger partial charge on any atom is -0.468 e. The molecule has 0 spiro atoms. The lowest BCUT2D eigenvalue weighted by Gasteiger charge is -2.12. The van der Waals surface area contributed by atoms with Gasteiger partial charge in [-0.25, -0.2) is 0 Å². The SMILES string of the molecule is COC(=O)[C@@H](N)Cc1cccc(Oc2cccc(C(F)(F)F)c2)c1. The number of carbonyl (C=O) groups is 1. The van der Waals surface area contributed by atoms with Crippen LogP contribution < -0.4 is 10.5 Å². The van der Waals surface area contributed by atoms with Crippen LogP contribution in [0.25, 0.3) is 0 Å². The Morgan fingerprint density at radius 2 is 1.75 bits per heavy atom. The molecule has 2 N–H and O–H groups in total. The van der Waals surface area contributed by atoms with Gasteiger partial charge in [-0.3, -0.25) is 4.79 Å². The summed E-state index contributed by atoms with van der Waals surface area (Å²) in [7, 11) is 1.25. The number of methoxy groups -OCH3 is 1.